The van der Waals surface area contributed by atoms with E-state index in [-0.39, 0.29) is 0 Å². The zero-order chi connectivity index (χ0) is 20.2. The molecule has 0 amide bonds. The first-order valence-electron chi connectivity index (χ1n) is 9.24. The van der Waals surface area contributed by atoms with E-state index in [0.717, 1.165) is 17.5 Å². The van der Waals surface area contributed by atoms with Gasteiger partial charge >= 0.3 is 95.6 Å². The number of hydrogen-bond donors (Lipinski definition) is 1. The molecule has 0 unspecified atom stereocenters. The molecule has 0 saturated heterocycles. The van der Waals surface area contributed by atoms with Crippen molar-refractivity contribution in [2.75, 3.05) is 0 Å². The second-order valence-corrected chi connectivity index (χ2v) is 7.24. The van der Waals surface area contributed by atoms with Crippen LogP contribution in [0.25, 0.3) is 0 Å². The summed E-state index contributed by atoms with van der Waals surface area (Å²) in [4.78, 5) is 0. The number of hydrogen-bond acceptors (Lipinski definition) is 1. The Morgan fingerprint density at radius 2 is 1.32 bits per heavy atom. The van der Waals surface area contributed by atoms with Crippen molar-refractivity contribution in [1.82, 2.24) is 0 Å². The van der Waals surface area contributed by atoms with Crippen molar-refractivity contribution in [3.8, 4) is 5.75 Å². The van der Waals surface area contributed by atoms with Gasteiger partial charge in [-0.2, -0.15) is 6.08 Å². The van der Waals surface area contributed by atoms with Gasteiger partial charge in [0, 0.05) is 0 Å². The normalized spacial score (nSPS) is 11.1. The van der Waals surface area contributed by atoms with Crippen molar-refractivity contribution in [2.24, 2.45) is 0 Å². The van der Waals surface area contributed by atoms with E-state index < -0.39 is 0 Å². The van der Waals surface area contributed by atoms with Crippen LogP contribution in [0, 0.1) is 19.9 Å². The number of aryl methyl sites for hydroxylation is 2. The first-order valence-corrected chi connectivity index (χ1v) is 10.0. The Labute approximate surface area is 180 Å². The number of phenolic OH excluding ortho intramolecular Hbond substituents is 1. The van der Waals surface area contributed by atoms with Gasteiger partial charge in [0.1, 0.15) is 5.75 Å². The minimum absolute atomic E-state index is 0.354. The van der Waals surface area contributed by atoms with Crippen molar-refractivity contribution in [1.29, 1.82) is 0 Å². The number of allylic oxidation sites excluding steroid dienone is 4. The molecule has 4 rings (SSSR count). The molecule has 0 aliphatic heterocycles. The Morgan fingerprint density at radius 1 is 0.821 bits per heavy atom. The molecule has 0 atom stereocenters. The number of rotatable bonds is 2. The molecule has 0 saturated carbocycles. The van der Waals surface area contributed by atoms with Gasteiger partial charge in [0.25, 0.3) is 0 Å². The SMILES string of the molecule is Cc1cc(C)cc(O)c1.[C-]1=CC=CC1.[Ti+]=[C](c1ccccc1)c1ccccc1. The molecule has 0 radical (unpaired) electrons. The standard InChI is InChI=1S/C13H10.C8H10O.C5H5.Ti/c1-3-7-12(8-4-1)11-13-9-5-2-6-10-13;1-6-3-7(2)5-8(9)4-6;1-2-4-5-3-1;/h1-10H;3-5,9H,1-2H3;1-3H,4H2;/q;;-1;+1. The van der Waals surface area contributed by atoms with Gasteiger partial charge < -0.3 is 5.11 Å². The Bertz CT molecular complexity index is 823. The molecule has 1 aliphatic rings. The maximum absolute atomic E-state index is 8.99. The van der Waals surface area contributed by atoms with Gasteiger partial charge in [-0.05, 0) is 37.1 Å². The van der Waals surface area contributed by atoms with E-state index in [1.54, 1.807) is 12.1 Å². The van der Waals surface area contributed by atoms with Crippen LogP contribution in [-0.4, -0.2) is 8.92 Å². The molecular formula is C26H25OTi. The van der Waals surface area contributed by atoms with E-state index in [9.17, 15) is 0 Å². The molecule has 0 spiro atoms. The third-order valence-electron chi connectivity index (χ3n) is 3.92. The van der Waals surface area contributed by atoms with Crippen LogP contribution in [0.1, 0.15) is 28.7 Å². The average molecular weight is 401 g/mol. The second-order valence-electron chi connectivity index (χ2n) is 6.46. The summed E-state index contributed by atoms with van der Waals surface area (Å²) < 4.78 is 1.33. The number of benzene rings is 3. The third-order valence-corrected chi connectivity index (χ3v) is 4.82. The van der Waals surface area contributed by atoms with E-state index in [1.165, 1.54) is 14.9 Å². The Kier molecular flexibility index (Phi) is 9.41. The Hall–Kier alpha value is -2.48. The van der Waals surface area contributed by atoms with Crippen LogP contribution in [0.5, 0.6) is 5.75 Å². The van der Waals surface area contributed by atoms with Crippen molar-refractivity contribution in [3.05, 3.63) is 125 Å². The van der Waals surface area contributed by atoms with Crippen molar-refractivity contribution < 1.29 is 25.1 Å². The van der Waals surface area contributed by atoms with Crippen molar-refractivity contribution in [2.45, 2.75) is 20.3 Å². The molecule has 0 aromatic heterocycles. The number of aromatic hydroxyl groups is 1. The molecule has 1 N–H and O–H groups in total. The van der Waals surface area contributed by atoms with E-state index in [4.69, 9.17) is 5.11 Å². The molecule has 0 heterocycles. The first-order chi connectivity index (χ1) is 13.6. The zero-order valence-corrected chi connectivity index (χ0v) is 18.0. The summed E-state index contributed by atoms with van der Waals surface area (Å²) in [7, 11) is 0. The van der Waals surface area contributed by atoms with E-state index in [1.807, 2.05) is 44.2 Å². The molecule has 28 heavy (non-hydrogen) atoms. The molecule has 2 heteroatoms. The predicted octanol–water partition coefficient (Wildman–Crippen LogP) is 6.12. The van der Waals surface area contributed by atoms with Gasteiger partial charge in [0.15, 0.2) is 0 Å². The molecule has 3 aromatic rings. The van der Waals surface area contributed by atoms with Gasteiger partial charge in [-0.1, -0.05) is 6.07 Å². The topological polar surface area (TPSA) is 20.2 Å². The molecule has 1 nitrogen and oxygen atoms in total. The fourth-order valence-electron chi connectivity index (χ4n) is 2.67. The summed E-state index contributed by atoms with van der Waals surface area (Å²) in [6.45, 7) is 3.93. The van der Waals surface area contributed by atoms with Gasteiger partial charge in [-0.15, -0.1) is 6.42 Å². The first kappa shape index (κ1) is 21.8. The summed E-state index contributed by atoms with van der Waals surface area (Å²) in [6, 6.07) is 26.5. The molecular weight excluding hydrogens is 376 g/mol. The van der Waals surface area contributed by atoms with Gasteiger partial charge in [-0.3, -0.25) is 6.08 Å². The predicted molar refractivity (Wildman–Crippen MR) is 115 cm³/mol. The van der Waals surface area contributed by atoms with Crippen LogP contribution in [-0.2, 0) is 20.0 Å². The monoisotopic (exact) mass is 401 g/mol. The molecule has 0 bridgehead atoms. The van der Waals surface area contributed by atoms with Crippen LogP contribution >= 0.6 is 0 Å². The quantitative estimate of drug-likeness (QED) is 0.405. The summed E-state index contributed by atoms with van der Waals surface area (Å²) >= 11 is 2.16. The summed E-state index contributed by atoms with van der Waals surface area (Å²) in [5, 5.41) is 8.99. The van der Waals surface area contributed by atoms with Crippen LogP contribution in [0.2, 0.25) is 0 Å². The van der Waals surface area contributed by atoms with Crippen LogP contribution in [0.4, 0.5) is 0 Å². The summed E-state index contributed by atoms with van der Waals surface area (Å²) in [5.41, 5.74) is 4.79. The maximum atomic E-state index is 8.99. The Morgan fingerprint density at radius 3 is 1.64 bits per heavy atom. The molecule has 1 aliphatic carbocycles. The third kappa shape index (κ3) is 8.04. The van der Waals surface area contributed by atoms with E-state index >= 15 is 0 Å². The van der Waals surface area contributed by atoms with Crippen LogP contribution in [0.15, 0.2) is 97.1 Å². The van der Waals surface area contributed by atoms with Crippen molar-refractivity contribution >= 4 is 3.81 Å². The average Bonchev–Trinajstić information content (AvgIpc) is 3.28. The fraction of sp³-hybridized carbons (Fsp3) is 0.115. The number of phenols is 1. The molecule has 0 fully saturated rings. The summed E-state index contributed by atoms with van der Waals surface area (Å²) in [5.74, 6) is 0.354. The molecule has 3 aromatic carbocycles. The van der Waals surface area contributed by atoms with E-state index in [0.29, 0.717) is 5.75 Å². The van der Waals surface area contributed by atoms with Crippen LogP contribution < -0.4 is 0 Å². The molecule has 139 valence electrons. The van der Waals surface area contributed by atoms with Gasteiger partial charge in [-0.25, -0.2) is 12.2 Å². The Balaban J connectivity index is 0.000000170. The van der Waals surface area contributed by atoms with E-state index in [2.05, 4.69) is 80.7 Å². The fourth-order valence-corrected chi connectivity index (χ4v) is 3.19. The second kappa shape index (κ2) is 12.1. The zero-order valence-electron chi connectivity index (χ0n) is 16.4. The summed E-state index contributed by atoms with van der Waals surface area (Å²) in [6.07, 6.45) is 10.0. The van der Waals surface area contributed by atoms with Crippen molar-refractivity contribution in [3.63, 3.8) is 0 Å². The van der Waals surface area contributed by atoms with Gasteiger partial charge in [0.05, 0.1) is 0 Å². The minimum atomic E-state index is 0.354. The van der Waals surface area contributed by atoms with Crippen LogP contribution in [0.3, 0.4) is 0 Å². The van der Waals surface area contributed by atoms with Gasteiger partial charge in [0.2, 0.25) is 0 Å².